The van der Waals surface area contributed by atoms with Crippen LogP contribution in [-0.4, -0.2) is 30.1 Å². The highest BCUT2D eigenvalue weighted by Gasteiger charge is 2.33. The van der Waals surface area contributed by atoms with Gasteiger partial charge >= 0.3 is 0 Å². The first-order chi connectivity index (χ1) is 10.0. The van der Waals surface area contributed by atoms with E-state index in [0.717, 1.165) is 25.7 Å². The van der Waals surface area contributed by atoms with Crippen molar-refractivity contribution in [2.24, 2.45) is 5.41 Å². The molecule has 0 saturated heterocycles. The Morgan fingerprint density at radius 1 is 1.19 bits per heavy atom. The van der Waals surface area contributed by atoms with Crippen LogP contribution in [0.3, 0.4) is 0 Å². The van der Waals surface area contributed by atoms with E-state index in [0.29, 0.717) is 17.8 Å². The van der Waals surface area contributed by atoms with Crippen molar-refractivity contribution in [1.29, 1.82) is 0 Å². The van der Waals surface area contributed by atoms with Crippen LogP contribution in [-0.2, 0) is 4.79 Å². The minimum absolute atomic E-state index is 0.120. The monoisotopic (exact) mass is 290 g/mol. The van der Waals surface area contributed by atoms with Gasteiger partial charge < -0.3 is 15.7 Å². The van der Waals surface area contributed by atoms with Gasteiger partial charge in [0.15, 0.2) is 0 Å². The summed E-state index contributed by atoms with van der Waals surface area (Å²) in [6.45, 7) is 2.07. The highest BCUT2D eigenvalue weighted by Crippen LogP contribution is 2.36. The molecule has 0 radical (unpaired) electrons. The van der Waals surface area contributed by atoms with Gasteiger partial charge in [0, 0.05) is 30.1 Å². The Kier molecular flexibility index (Phi) is 4.96. The first kappa shape index (κ1) is 15.5. The molecule has 21 heavy (non-hydrogen) atoms. The summed E-state index contributed by atoms with van der Waals surface area (Å²) in [5, 5.41) is 15.1. The SMILES string of the molecule is CC(=O)Nc1ccc(C(=O)NCC2(CO)CCCC2)cc1. The Balaban J connectivity index is 1.92. The van der Waals surface area contributed by atoms with Crippen molar-refractivity contribution in [3.8, 4) is 0 Å². The van der Waals surface area contributed by atoms with Crippen molar-refractivity contribution in [3.05, 3.63) is 29.8 Å². The molecule has 5 nitrogen and oxygen atoms in total. The molecule has 1 aromatic rings. The molecule has 1 saturated carbocycles. The maximum atomic E-state index is 12.1. The van der Waals surface area contributed by atoms with Gasteiger partial charge in [-0.15, -0.1) is 0 Å². The summed E-state index contributed by atoms with van der Waals surface area (Å²) in [5.41, 5.74) is 1.07. The van der Waals surface area contributed by atoms with E-state index >= 15 is 0 Å². The lowest BCUT2D eigenvalue weighted by Gasteiger charge is -2.26. The topological polar surface area (TPSA) is 78.4 Å². The molecule has 0 unspecified atom stereocenters. The van der Waals surface area contributed by atoms with E-state index in [2.05, 4.69) is 10.6 Å². The molecule has 5 heteroatoms. The Morgan fingerprint density at radius 2 is 1.81 bits per heavy atom. The lowest BCUT2D eigenvalue weighted by molar-refractivity contribution is -0.114. The number of aliphatic hydroxyl groups excluding tert-OH is 1. The van der Waals surface area contributed by atoms with E-state index in [9.17, 15) is 14.7 Å². The number of rotatable bonds is 5. The summed E-state index contributed by atoms with van der Waals surface area (Å²) in [6, 6.07) is 6.77. The van der Waals surface area contributed by atoms with Gasteiger partial charge in [-0.05, 0) is 37.1 Å². The molecule has 0 spiro atoms. The van der Waals surface area contributed by atoms with Crippen molar-refractivity contribution >= 4 is 17.5 Å². The van der Waals surface area contributed by atoms with Crippen LogP contribution in [0.15, 0.2) is 24.3 Å². The molecule has 0 heterocycles. The summed E-state index contributed by atoms with van der Waals surface area (Å²) in [5.74, 6) is -0.289. The van der Waals surface area contributed by atoms with Crippen LogP contribution in [0.2, 0.25) is 0 Å². The maximum absolute atomic E-state index is 12.1. The third kappa shape index (κ3) is 4.04. The van der Waals surface area contributed by atoms with Crippen LogP contribution in [0.5, 0.6) is 0 Å². The predicted molar refractivity (Wildman–Crippen MR) is 81.1 cm³/mol. The smallest absolute Gasteiger partial charge is 0.251 e. The first-order valence-electron chi connectivity index (χ1n) is 7.31. The zero-order valence-corrected chi connectivity index (χ0v) is 12.3. The Labute approximate surface area is 124 Å². The lowest BCUT2D eigenvalue weighted by Crippen LogP contribution is -2.38. The third-order valence-electron chi connectivity index (χ3n) is 4.09. The van der Waals surface area contributed by atoms with E-state index in [4.69, 9.17) is 0 Å². The summed E-state index contributed by atoms with van der Waals surface area (Å²) >= 11 is 0. The molecule has 0 aromatic heterocycles. The number of carbonyl (C=O) groups is 2. The van der Waals surface area contributed by atoms with Gasteiger partial charge in [0.2, 0.25) is 5.91 Å². The quantitative estimate of drug-likeness (QED) is 0.775. The summed E-state index contributed by atoms with van der Waals surface area (Å²) in [4.78, 5) is 23.0. The average Bonchev–Trinajstić information content (AvgIpc) is 2.94. The minimum Gasteiger partial charge on any atom is -0.396 e. The Bertz CT molecular complexity index is 505. The molecule has 3 N–H and O–H groups in total. The molecule has 1 aliphatic rings. The number of aliphatic hydroxyl groups is 1. The maximum Gasteiger partial charge on any atom is 0.251 e. The largest absolute Gasteiger partial charge is 0.396 e. The molecule has 0 atom stereocenters. The number of carbonyl (C=O) groups excluding carboxylic acids is 2. The van der Waals surface area contributed by atoms with E-state index in [1.54, 1.807) is 24.3 Å². The standard InChI is InChI=1S/C16H22N2O3/c1-12(20)18-14-6-4-13(5-7-14)15(21)17-10-16(11-19)8-2-3-9-16/h4-7,19H,2-3,8-11H2,1H3,(H,17,21)(H,18,20). The molecule has 0 bridgehead atoms. The Morgan fingerprint density at radius 3 is 2.33 bits per heavy atom. The Hall–Kier alpha value is -1.88. The number of hydrogen-bond acceptors (Lipinski definition) is 3. The van der Waals surface area contributed by atoms with Gasteiger partial charge in [-0.25, -0.2) is 0 Å². The van der Waals surface area contributed by atoms with Crippen LogP contribution in [0.4, 0.5) is 5.69 Å². The lowest BCUT2D eigenvalue weighted by atomic mass is 9.87. The minimum atomic E-state index is -0.149. The molecule has 1 aromatic carbocycles. The zero-order valence-electron chi connectivity index (χ0n) is 12.3. The van der Waals surface area contributed by atoms with Gasteiger partial charge in [0.1, 0.15) is 0 Å². The van der Waals surface area contributed by atoms with Crippen LogP contribution in [0.25, 0.3) is 0 Å². The third-order valence-corrected chi connectivity index (χ3v) is 4.09. The fourth-order valence-corrected chi connectivity index (χ4v) is 2.79. The molecular formula is C16H22N2O3. The highest BCUT2D eigenvalue weighted by molar-refractivity contribution is 5.95. The van der Waals surface area contributed by atoms with Crippen LogP contribution < -0.4 is 10.6 Å². The van der Waals surface area contributed by atoms with Gasteiger partial charge in [0.05, 0.1) is 6.61 Å². The van der Waals surface area contributed by atoms with Crippen molar-refractivity contribution < 1.29 is 14.7 Å². The van der Waals surface area contributed by atoms with Gasteiger partial charge in [-0.1, -0.05) is 12.8 Å². The summed E-state index contributed by atoms with van der Waals surface area (Å²) in [7, 11) is 0. The van der Waals surface area contributed by atoms with Gasteiger partial charge in [-0.3, -0.25) is 9.59 Å². The summed E-state index contributed by atoms with van der Waals surface area (Å²) < 4.78 is 0. The molecule has 1 fully saturated rings. The van der Waals surface area contributed by atoms with Gasteiger partial charge in [0.25, 0.3) is 5.91 Å². The second-order valence-corrected chi connectivity index (χ2v) is 5.81. The summed E-state index contributed by atoms with van der Waals surface area (Å²) in [6.07, 6.45) is 4.15. The van der Waals surface area contributed by atoms with Crippen molar-refractivity contribution in [2.45, 2.75) is 32.6 Å². The van der Waals surface area contributed by atoms with E-state index in [1.165, 1.54) is 6.92 Å². The van der Waals surface area contributed by atoms with Crippen LogP contribution >= 0.6 is 0 Å². The molecule has 2 amide bonds. The highest BCUT2D eigenvalue weighted by atomic mass is 16.3. The van der Waals surface area contributed by atoms with Crippen LogP contribution in [0, 0.1) is 5.41 Å². The van der Waals surface area contributed by atoms with Crippen molar-refractivity contribution in [3.63, 3.8) is 0 Å². The number of amides is 2. The second-order valence-electron chi connectivity index (χ2n) is 5.81. The molecule has 0 aliphatic heterocycles. The van der Waals surface area contributed by atoms with E-state index in [-0.39, 0.29) is 23.8 Å². The normalized spacial score (nSPS) is 16.5. The fraction of sp³-hybridized carbons (Fsp3) is 0.500. The number of nitrogens with one attached hydrogen (secondary N) is 2. The number of benzene rings is 1. The molecule has 2 rings (SSSR count). The van der Waals surface area contributed by atoms with E-state index < -0.39 is 0 Å². The van der Waals surface area contributed by atoms with Crippen LogP contribution in [0.1, 0.15) is 43.0 Å². The average molecular weight is 290 g/mol. The molecule has 114 valence electrons. The fourth-order valence-electron chi connectivity index (χ4n) is 2.79. The second kappa shape index (κ2) is 6.72. The van der Waals surface area contributed by atoms with Crippen molar-refractivity contribution in [1.82, 2.24) is 5.32 Å². The first-order valence-corrected chi connectivity index (χ1v) is 7.31. The molecular weight excluding hydrogens is 268 g/mol. The number of anilines is 1. The number of hydrogen-bond donors (Lipinski definition) is 3. The molecule has 1 aliphatic carbocycles. The van der Waals surface area contributed by atoms with E-state index in [1.807, 2.05) is 0 Å². The van der Waals surface area contributed by atoms with Gasteiger partial charge in [-0.2, -0.15) is 0 Å². The zero-order chi connectivity index (χ0) is 15.3. The van der Waals surface area contributed by atoms with Crippen molar-refractivity contribution in [2.75, 3.05) is 18.5 Å². The predicted octanol–water partition coefficient (Wildman–Crippen LogP) is 1.93.